The lowest BCUT2D eigenvalue weighted by molar-refractivity contribution is 0.0812. The molecule has 0 radical (unpaired) electrons. The second-order valence-electron chi connectivity index (χ2n) is 4.62. The number of hydrogen-bond donors (Lipinski definition) is 2. The number of nitrogens with zero attached hydrogens (tertiary/aromatic N) is 1. The van der Waals surface area contributed by atoms with Crippen molar-refractivity contribution in [1.29, 1.82) is 0 Å². The average Bonchev–Trinajstić information content (AvgIpc) is 2.92. The van der Waals surface area contributed by atoms with Gasteiger partial charge in [0, 0.05) is 11.1 Å². The lowest BCUT2D eigenvalue weighted by Gasteiger charge is -2.10. The molecule has 2 rings (SSSR count). The van der Waals surface area contributed by atoms with E-state index in [1.54, 1.807) is 5.38 Å². The summed E-state index contributed by atoms with van der Waals surface area (Å²) in [4.78, 5) is 16.5. The van der Waals surface area contributed by atoms with Crippen LogP contribution in [0.1, 0.15) is 26.6 Å². The van der Waals surface area contributed by atoms with Gasteiger partial charge in [-0.3, -0.25) is 4.79 Å². The van der Waals surface area contributed by atoms with E-state index in [1.165, 1.54) is 11.3 Å². The van der Waals surface area contributed by atoms with Crippen molar-refractivity contribution >= 4 is 22.9 Å². The van der Waals surface area contributed by atoms with Gasteiger partial charge in [0.05, 0.1) is 19.8 Å². The maximum absolute atomic E-state index is 12.2. The molecule has 112 valence electrons. The lowest BCUT2D eigenvalue weighted by Crippen LogP contribution is -2.14. The number of rotatable bonds is 6. The Kier molecular flexibility index (Phi) is 5.44. The number of para-hydroxylation sites is 1. The fourth-order valence-electron chi connectivity index (χ4n) is 1.89. The Morgan fingerprint density at radius 2 is 2.10 bits per heavy atom. The van der Waals surface area contributed by atoms with E-state index in [0.717, 1.165) is 21.8 Å². The first kappa shape index (κ1) is 15.6. The van der Waals surface area contributed by atoms with Gasteiger partial charge in [0.1, 0.15) is 10.7 Å². The van der Waals surface area contributed by atoms with Crippen LogP contribution in [0.2, 0.25) is 0 Å². The molecule has 21 heavy (non-hydrogen) atoms. The maximum atomic E-state index is 12.2. The highest BCUT2D eigenvalue weighted by molar-refractivity contribution is 7.09. The van der Waals surface area contributed by atoms with E-state index in [4.69, 9.17) is 9.84 Å². The van der Waals surface area contributed by atoms with Gasteiger partial charge in [0.25, 0.3) is 5.91 Å². The quantitative estimate of drug-likeness (QED) is 0.805. The minimum Gasteiger partial charge on any atom is -0.394 e. The Morgan fingerprint density at radius 3 is 2.76 bits per heavy atom. The third kappa shape index (κ3) is 4.10. The molecule has 0 fully saturated rings. The van der Waals surface area contributed by atoms with Gasteiger partial charge in [-0.2, -0.15) is 0 Å². The number of amides is 1. The second-order valence-corrected chi connectivity index (χ2v) is 5.57. The van der Waals surface area contributed by atoms with Crippen LogP contribution in [0.15, 0.2) is 23.6 Å². The molecule has 0 atom stereocenters. The zero-order chi connectivity index (χ0) is 15.2. The number of hydrogen-bond acceptors (Lipinski definition) is 5. The van der Waals surface area contributed by atoms with Crippen molar-refractivity contribution in [2.45, 2.75) is 20.5 Å². The standard InChI is InChI=1S/C15H18N2O3S/c1-10-4-3-5-11(2)14(10)17-15(19)12-9-21-13(16-12)8-20-7-6-18/h3-5,9,18H,6-8H2,1-2H3,(H,17,19). The Bertz CT molecular complexity index is 605. The molecule has 1 amide bonds. The van der Waals surface area contributed by atoms with Crippen molar-refractivity contribution in [1.82, 2.24) is 4.98 Å². The normalized spacial score (nSPS) is 10.6. The molecule has 1 aromatic heterocycles. The summed E-state index contributed by atoms with van der Waals surface area (Å²) in [6.45, 7) is 4.46. The summed E-state index contributed by atoms with van der Waals surface area (Å²) < 4.78 is 5.18. The zero-order valence-electron chi connectivity index (χ0n) is 12.0. The van der Waals surface area contributed by atoms with Gasteiger partial charge in [0.15, 0.2) is 0 Å². The van der Waals surface area contributed by atoms with E-state index in [2.05, 4.69) is 10.3 Å². The number of aromatic nitrogens is 1. The van der Waals surface area contributed by atoms with Gasteiger partial charge in [-0.25, -0.2) is 4.98 Å². The SMILES string of the molecule is Cc1cccc(C)c1NC(=O)c1csc(COCCO)n1. The average molecular weight is 306 g/mol. The molecular weight excluding hydrogens is 288 g/mol. The number of aryl methyl sites for hydroxylation is 2. The van der Waals surface area contributed by atoms with Gasteiger partial charge in [-0.05, 0) is 25.0 Å². The summed E-state index contributed by atoms with van der Waals surface area (Å²) in [7, 11) is 0. The van der Waals surface area contributed by atoms with Crippen LogP contribution >= 0.6 is 11.3 Å². The van der Waals surface area contributed by atoms with Crippen LogP contribution in [0.4, 0.5) is 5.69 Å². The number of carbonyl (C=O) groups is 1. The van der Waals surface area contributed by atoms with Gasteiger partial charge < -0.3 is 15.2 Å². The molecule has 0 unspecified atom stereocenters. The van der Waals surface area contributed by atoms with Crippen molar-refractivity contribution in [2.75, 3.05) is 18.5 Å². The summed E-state index contributed by atoms with van der Waals surface area (Å²) in [5.41, 5.74) is 3.24. The number of benzene rings is 1. The fraction of sp³-hybridized carbons (Fsp3) is 0.333. The molecule has 1 heterocycles. The Morgan fingerprint density at radius 1 is 1.38 bits per heavy atom. The summed E-state index contributed by atoms with van der Waals surface area (Å²) in [5.74, 6) is -0.225. The zero-order valence-corrected chi connectivity index (χ0v) is 12.9. The van der Waals surface area contributed by atoms with Gasteiger partial charge >= 0.3 is 0 Å². The minimum absolute atomic E-state index is 0.0225. The molecule has 2 N–H and O–H groups in total. The molecule has 0 saturated heterocycles. The van der Waals surface area contributed by atoms with Crippen LogP contribution in [0.5, 0.6) is 0 Å². The molecule has 0 aliphatic heterocycles. The van der Waals surface area contributed by atoms with E-state index >= 15 is 0 Å². The summed E-state index contributed by atoms with van der Waals surface area (Å²) in [6.07, 6.45) is 0. The van der Waals surface area contributed by atoms with Crippen molar-refractivity contribution in [3.05, 3.63) is 45.4 Å². The molecule has 0 saturated carbocycles. The minimum atomic E-state index is -0.225. The van der Waals surface area contributed by atoms with Crippen LogP contribution in [-0.4, -0.2) is 29.2 Å². The number of aliphatic hydroxyl groups is 1. The van der Waals surface area contributed by atoms with Gasteiger partial charge in [-0.1, -0.05) is 18.2 Å². The first-order valence-electron chi connectivity index (χ1n) is 6.62. The lowest BCUT2D eigenvalue weighted by atomic mass is 10.1. The maximum Gasteiger partial charge on any atom is 0.275 e. The summed E-state index contributed by atoms with van der Waals surface area (Å²) in [5, 5.41) is 14.0. The van der Waals surface area contributed by atoms with E-state index < -0.39 is 0 Å². The summed E-state index contributed by atoms with van der Waals surface area (Å²) >= 11 is 1.37. The number of thiazole rings is 1. The highest BCUT2D eigenvalue weighted by atomic mass is 32.1. The van der Waals surface area contributed by atoms with Crippen LogP contribution < -0.4 is 5.32 Å². The Labute approximate surface area is 127 Å². The van der Waals surface area contributed by atoms with E-state index in [0.29, 0.717) is 12.3 Å². The molecule has 6 heteroatoms. The van der Waals surface area contributed by atoms with E-state index in [9.17, 15) is 4.79 Å². The third-order valence-corrected chi connectivity index (χ3v) is 3.79. The monoisotopic (exact) mass is 306 g/mol. The molecule has 1 aromatic carbocycles. The van der Waals surface area contributed by atoms with E-state index in [-0.39, 0.29) is 19.1 Å². The van der Waals surface area contributed by atoms with Crippen LogP contribution in [-0.2, 0) is 11.3 Å². The first-order valence-corrected chi connectivity index (χ1v) is 7.50. The summed E-state index contributed by atoms with van der Waals surface area (Å²) in [6, 6.07) is 5.87. The predicted octanol–water partition coefficient (Wildman–Crippen LogP) is 2.52. The number of aliphatic hydroxyl groups excluding tert-OH is 1. The van der Waals surface area contributed by atoms with E-state index in [1.807, 2.05) is 32.0 Å². The fourth-order valence-corrected chi connectivity index (χ4v) is 2.60. The van der Waals surface area contributed by atoms with Gasteiger partial charge in [-0.15, -0.1) is 11.3 Å². The third-order valence-electron chi connectivity index (χ3n) is 2.97. The first-order chi connectivity index (χ1) is 10.1. The van der Waals surface area contributed by atoms with Crippen molar-refractivity contribution < 1.29 is 14.6 Å². The number of nitrogens with one attached hydrogen (secondary N) is 1. The number of anilines is 1. The second kappa shape index (κ2) is 7.31. The topological polar surface area (TPSA) is 71.5 Å². The molecule has 0 aliphatic carbocycles. The molecule has 0 spiro atoms. The van der Waals surface area contributed by atoms with Crippen LogP contribution in [0.25, 0.3) is 0 Å². The highest BCUT2D eigenvalue weighted by Crippen LogP contribution is 2.21. The Hall–Kier alpha value is -1.76. The van der Waals surface area contributed by atoms with Crippen LogP contribution in [0, 0.1) is 13.8 Å². The number of carbonyl (C=O) groups excluding carboxylic acids is 1. The van der Waals surface area contributed by atoms with Crippen LogP contribution in [0.3, 0.4) is 0 Å². The van der Waals surface area contributed by atoms with Crippen molar-refractivity contribution in [3.63, 3.8) is 0 Å². The number of ether oxygens (including phenoxy) is 1. The molecular formula is C15H18N2O3S. The predicted molar refractivity (Wildman–Crippen MR) is 82.7 cm³/mol. The molecule has 2 aromatic rings. The largest absolute Gasteiger partial charge is 0.394 e. The van der Waals surface area contributed by atoms with Gasteiger partial charge in [0.2, 0.25) is 0 Å². The Balaban J connectivity index is 2.04. The van der Waals surface area contributed by atoms with Crippen molar-refractivity contribution in [3.8, 4) is 0 Å². The van der Waals surface area contributed by atoms with Crippen molar-refractivity contribution in [2.24, 2.45) is 0 Å². The highest BCUT2D eigenvalue weighted by Gasteiger charge is 2.13. The molecule has 0 aliphatic rings. The molecule has 0 bridgehead atoms. The molecule has 5 nitrogen and oxygen atoms in total. The smallest absolute Gasteiger partial charge is 0.275 e.